The van der Waals surface area contributed by atoms with Gasteiger partial charge in [-0.15, -0.1) is 0 Å². The second-order valence-electron chi connectivity index (χ2n) is 15.5. The Kier molecular flexibility index (Phi) is 16.9. The smallest absolute Gasteiger partial charge is 0.410 e. The first-order valence-corrected chi connectivity index (χ1v) is 18.2. The predicted molar refractivity (Wildman–Crippen MR) is 191 cm³/mol. The van der Waals surface area contributed by atoms with Crippen LogP contribution in [0.2, 0.25) is 0 Å². The van der Waals surface area contributed by atoms with E-state index in [1.807, 2.05) is 27.7 Å². The van der Waals surface area contributed by atoms with Gasteiger partial charge in [0.05, 0.1) is 30.3 Å². The Bertz CT molecular complexity index is 1130. The van der Waals surface area contributed by atoms with Crippen LogP contribution in [0.25, 0.3) is 0 Å². The number of nitrogens with zero attached hydrogens (tertiary/aromatic N) is 2. The number of piperazine rings is 1. The van der Waals surface area contributed by atoms with Gasteiger partial charge in [-0.3, -0.25) is 9.69 Å². The van der Waals surface area contributed by atoms with Gasteiger partial charge in [-0.05, 0) is 69.4 Å². The molecular formula is C38H66N2O9. The van der Waals surface area contributed by atoms with Crippen molar-refractivity contribution in [2.45, 2.75) is 136 Å². The van der Waals surface area contributed by atoms with Crippen LogP contribution in [0.5, 0.6) is 0 Å². The fourth-order valence-electron chi connectivity index (χ4n) is 6.52. The lowest BCUT2D eigenvalue weighted by atomic mass is 9.81. The molecule has 10 unspecified atom stereocenters. The summed E-state index contributed by atoms with van der Waals surface area (Å²) in [6.45, 7) is 20.3. The first kappa shape index (κ1) is 42.9. The molecule has 0 aromatic rings. The molecule has 2 aliphatic heterocycles. The second-order valence-corrected chi connectivity index (χ2v) is 15.5. The minimum absolute atomic E-state index is 0.0709. The number of carbonyl (C=O) groups is 2. The summed E-state index contributed by atoms with van der Waals surface area (Å²) in [7, 11) is 0. The van der Waals surface area contributed by atoms with Gasteiger partial charge in [-0.2, -0.15) is 0 Å². The fourth-order valence-corrected chi connectivity index (χ4v) is 6.52. The third kappa shape index (κ3) is 14.1. The van der Waals surface area contributed by atoms with Crippen LogP contribution in [0, 0.1) is 23.7 Å². The zero-order chi connectivity index (χ0) is 37.1. The molecule has 2 rings (SSSR count). The van der Waals surface area contributed by atoms with Gasteiger partial charge >= 0.3 is 12.1 Å². The van der Waals surface area contributed by atoms with Crippen molar-refractivity contribution in [3.8, 4) is 0 Å². The number of hydrogen-bond donors (Lipinski definition) is 5. The van der Waals surface area contributed by atoms with Crippen molar-refractivity contribution < 1.29 is 44.6 Å². The van der Waals surface area contributed by atoms with Gasteiger partial charge in [-0.1, -0.05) is 65.8 Å². The van der Waals surface area contributed by atoms with Crippen molar-refractivity contribution in [2.75, 3.05) is 32.7 Å². The summed E-state index contributed by atoms with van der Waals surface area (Å²) in [6, 6.07) is 0. The number of carbonyl (C=O) groups excluding carboxylic acids is 2. The average Bonchev–Trinajstić information content (AvgIpc) is 3.02. The van der Waals surface area contributed by atoms with E-state index in [1.165, 1.54) is 0 Å². The number of ether oxygens (including phenoxy) is 2. The van der Waals surface area contributed by atoms with E-state index in [-0.39, 0.29) is 37.5 Å². The molecular weight excluding hydrogens is 628 g/mol. The Balaban J connectivity index is 2.23. The van der Waals surface area contributed by atoms with Crippen molar-refractivity contribution >= 4 is 12.1 Å². The number of aliphatic hydroxyl groups is 5. The SMILES string of the molecule is CCC(O)C(C)C(C)C(O)CC(C)(O)C=CC=C(C)C1OC(=O)CC(O)CCC(C)(O)C(OC(=O)N2CCN(CC(C)C)CC2)C=CC1C. The van der Waals surface area contributed by atoms with E-state index < -0.39 is 59.7 Å². The largest absolute Gasteiger partial charge is 0.457 e. The van der Waals surface area contributed by atoms with Crippen molar-refractivity contribution in [1.82, 2.24) is 9.80 Å². The van der Waals surface area contributed by atoms with Crippen LogP contribution in [-0.4, -0.2) is 122 Å². The van der Waals surface area contributed by atoms with Gasteiger partial charge in [-0.25, -0.2) is 4.79 Å². The lowest BCUT2D eigenvalue weighted by Crippen LogP contribution is -2.51. The summed E-state index contributed by atoms with van der Waals surface area (Å²) in [4.78, 5) is 30.1. The molecule has 49 heavy (non-hydrogen) atoms. The summed E-state index contributed by atoms with van der Waals surface area (Å²) in [5.41, 5.74) is -2.18. The Hall–Kier alpha value is -2.28. The van der Waals surface area contributed by atoms with Crippen LogP contribution in [-0.2, 0) is 14.3 Å². The zero-order valence-corrected chi connectivity index (χ0v) is 31.4. The molecule has 5 N–H and O–H groups in total. The normalized spacial score (nSPS) is 30.6. The predicted octanol–water partition coefficient (Wildman–Crippen LogP) is 4.21. The minimum Gasteiger partial charge on any atom is -0.457 e. The number of hydrogen-bond acceptors (Lipinski definition) is 10. The van der Waals surface area contributed by atoms with Crippen LogP contribution in [0.4, 0.5) is 4.79 Å². The standard InChI is InChI=1S/C38H66N2O9/c1-10-31(42)28(6)29(7)32(43)23-37(8,46)16-11-12-26(4)35-27(5)13-14-33(38(9,47)17-15-30(41)22-34(44)49-35)48-36(45)40-20-18-39(19-21-40)24-25(2)3/h11-14,16,25,27-33,35,41-43,46-47H,10,15,17-24H2,1-9H3. The highest BCUT2D eigenvalue weighted by atomic mass is 16.6. The van der Waals surface area contributed by atoms with E-state index >= 15 is 0 Å². The maximum atomic E-state index is 13.3. The monoisotopic (exact) mass is 694 g/mol. The third-order valence-corrected chi connectivity index (χ3v) is 10.2. The quantitative estimate of drug-likeness (QED) is 0.114. The average molecular weight is 695 g/mol. The van der Waals surface area contributed by atoms with Gasteiger partial charge in [0.15, 0.2) is 6.10 Å². The molecule has 0 radical (unpaired) electrons. The molecule has 1 saturated heterocycles. The highest BCUT2D eigenvalue weighted by molar-refractivity contribution is 5.70. The highest BCUT2D eigenvalue weighted by Gasteiger charge is 2.37. The number of aliphatic hydroxyl groups excluding tert-OH is 3. The molecule has 11 nitrogen and oxygen atoms in total. The maximum absolute atomic E-state index is 13.3. The second kappa shape index (κ2) is 19.4. The van der Waals surface area contributed by atoms with Crippen LogP contribution in [0.3, 0.4) is 0 Å². The molecule has 282 valence electrons. The molecule has 2 aliphatic rings. The molecule has 0 aromatic heterocycles. The van der Waals surface area contributed by atoms with E-state index in [2.05, 4.69) is 18.7 Å². The lowest BCUT2D eigenvalue weighted by Gasteiger charge is -2.37. The molecule has 1 amide bonds. The van der Waals surface area contributed by atoms with Gasteiger partial charge in [0.1, 0.15) is 11.7 Å². The van der Waals surface area contributed by atoms with Crippen LogP contribution in [0.15, 0.2) is 36.0 Å². The van der Waals surface area contributed by atoms with E-state index in [4.69, 9.17) is 9.47 Å². The molecule has 0 aliphatic carbocycles. The summed E-state index contributed by atoms with van der Waals surface area (Å²) in [5, 5.41) is 54.1. The summed E-state index contributed by atoms with van der Waals surface area (Å²) < 4.78 is 11.8. The Morgan fingerprint density at radius 3 is 2.33 bits per heavy atom. The van der Waals surface area contributed by atoms with E-state index in [0.29, 0.717) is 31.0 Å². The molecule has 0 saturated carbocycles. The third-order valence-electron chi connectivity index (χ3n) is 10.2. The van der Waals surface area contributed by atoms with Gasteiger partial charge in [0.25, 0.3) is 0 Å². The molecule has 11 heteroatoms. The lowest BCUT2D eigenvalue weighted by molar-refractivity contribution is -0.151. The number of esters is 1. The number of rotatable bonds is 12. The topological polar surface area (TPSA) is 160 Å². The number of cyclic esters (lactones) is 1. The van der Waals surface area contributed by atoms with Crippen LogP contribution < -0.4 is 0 Å². The first-order valence-electron chi connectivity index (χ1n) is 18.2. The van der Waals surface area contributed by atoms with E-state index in [1.54, 1.807) is 56.1 Å². The van der Waals surface area contributed by atoms with E-state index in [9.17, 15) is 35.1 Å². The number of allylic oxidation sites excluding steroid dienone is 2. The maximum Gasteiger partial charge on any atom is 0.410 e. The van der Waals surface area contributed by atoms with Gasteiger partial charge < -0.3 is 39.9 Å². The van der Waals surface area contributed by atoms with Crippen molar-refractivity contribution in [1.29, 1.82) is 0 Å². The summed E-state index contributed by atoms with van der Waals surface area (Å²) in [5.74, 6) is -0.820. The minimum atomic E-state index is -1.50. The van der Waals surface area contributed by atoms with Crippen molar-refractivity contribution in [3.63, 3.8) is 0 Å². The summed E-state index contributed by atoms with van der Waals surface area (Å²) in [6.07, 6.45) is 4.27. The molecule has 0 aromatic carbocycles. The Morgan fingerprint density at radius 1 is 1.12 bits per heavy atom. The summed E-state index contributed by atoms with van der Waals surface area (Å²) >= 11 is 0. The van der Waals surface area contributed by atoms with Gasteiger partial charge in [0.2, 0.25) is 0 Å². The van der Waals surface area contributed by atoms with Crippen LogP contribution >= 0.6 is 0 Å². The Morgan fingerprint density at radius 2 is 1.73 bits per heavy atom. The van der Waals surface area contributed by atoms with Gasteiger partial charge in [0, 0.05) is 45.1 Å². The van der Waals surface area contributed by atoms with Crippen LogP contribution in [0.1, 0.15) is 94.4 Å². The molecule has 10 atom stereocenters. The molecule has 0 spiro atoms. The van der Waals surface area contributed by atoms with Crippen molar-refractivity contribution in [2.24, 2.45) is 23.7 Å². The highest BCUT2D eigenvalue weighted by Crippen LogP contribution is 2.29. The molecule has 2 heterocycles. The molecule has 0 bridgehead atoms. The Labute approximate surface area is 294 Å². The first-order chi connectivity index (χ1) is 22.8. The zero-order valence-electron chi connectivity index (χ0n) is 31.4. The van der Waals surface area contributed by atoms with E-state index in [0.717, 1.165) is 19.6 Å². The fraction of sp³-hybridized carbons (Fsp3) is 0.789. The molecule has 1 fully saturated rings. The number of amides is 1. The van der Waals surface area contributed by atoms with Crippen molar-refractivity contribution in [3.05, 3.63) is 36.0 Å².